The number of nitrogens with zero attached hydrogens (tertiary/aromatic N) is 3. The molecule has 19 heavy (non-hydrogen) atoms. The standard InChI is InChI=1S/C14H16N3OS/c1-3-4-5-6-10-18-14-13(15-19-16-14)12-8-7-9-17(2)11-12/h7-9,11H,3-5H2,1-2H3/q+1. The lowest BCUT2D eigenvalue weighted by molar-refractivity contribution is -0.671. The Hall–Kier alpha value is -1.93. The minimum Gasteiger partial charge on any atom is -0.384 e. The van der Waals surface area contributed by atoms with Gasteiger partial charge in [0.25, 0.3) is 5.88 Å². The third-order valence-electron chi connectivity index (χ3n) is 2.55. The maximum absolute atomic E-state index is 5.38. The molecule has 0 aliphatic heterocycles. The number of unbranched alkanes of at least 4 members (excludes halogenated alkanes) is 2. The summed E-state index contributed by atoms with van der Waals surface area (Å²) in [6.07, 6.45) is 9.72. The second-order valence-corrected chi connectivity index (χ2v) is 4.69. The first kappa shape index (κ1) is 13.5. The fourth-order valence-corrected chi connectivity index (χ4v) is 2.06. The summed E-state index contributed by atoms with van der Waals surface area (Å²) < 4.78 is 15.8. The van der Waals surface area contributed by atoms with E-state index in [1.54, 1.807) is 0 Å². The molecule has 2 heterocycles. The largest absolute Gasteiger partial charge is 0.384 e. The Labute approximate surface area is 117 Å². The number of aromatic nitrogens is 3. The van der Waals surface area contributed by atoms with Gasteiger partial charge < -0.3 is 4.74 Å². The number of aryl methyl sites for hydroxylation is 1. The lowest BCUT2D eigenvalue weighted by Gasteiger charge is -1.96. The van der Waals surface area contributed by atoms with Gasteiger partial charge >= 0.3 is 0 Å². The average molecular weight is 274 g/mol. The van der Waals surface area contributed by atoms with E-state index in [0.29, 0.717) is 5.88 Å². The molecular formula is C14H16N3OS+. The van der Waals surface area contributed by atoms with E-state index in [9.17, 15) is 0 Å². The van der Waals surface area contributed by atoms with Gasteiger partial charge in [0.15, 0.2) is 18.1 Å². The minimum atomic E-state index is 0.486. The number of rotatable bonds is 4. The molecule has 0 saturated heterocycles. The first-order chi connectivity index (χ1) is 9.31. The molecule has 0 aromatic carbocycles. The molecule has 0 amide bonds. The smallest absolute Gasteiger partial charge is 0.270 e. The van der Waals surface area contributed by atoms with Crippen LogP contribution in [0, 0.1) is 12.0 Å². The van der Waals surface area contributed by atoms with Crippen molar-refractivity contribution in [2.45, 2.75) is 26.2 Å². The molecule has 2 aromatic heterocycles. The van der Waals surface area contributed by atoms with Crippen LogP contribution in [0.2, 0.25) is 0 Å². The predicted octanol–water partition coefficient (Wildman–Crippen LogP) is 2.56. The zero-order valence-corrected chi connectivity index (χ0v) is 11.9. The van der Waals surface area contributed by atoms with Crippen LogP contribution in [0.4, 0.5) is 0 Å². The van der Waals surface area contributed by atoms with Crippen LogP contribution in [0.1, 0.15) is 26.2 Å². The Morgan fingerprint density at radius 1 is 1.42 bits per heavy atom. The van der Waals surface area contributed by atoms with Crippen molar-refractivity contribution >= 4 is 11.7 Å². The molecule has 4 nitrogen and oxygen atoms in total. The van der Waals surface area contributed by atoms with E-state index in [-0.39, 0.29) is 0 Å². The summed E-state index contributed by atoms with van der Waals surface area (Å²) >= 11 is 1.13. The number of hydrogen-bond acceptors (Lipinski definition) is 4. The Bertz CT molecular complexity index is 598. The van der Waals surface area contributed by atoms with Gasteiger partial charge in [-0.3, -0.25) is 0 Å². The van der Waals surface area contributed by atoms with Crippen molar-refractivity contribution in [3.05, 3.63) is 24.5 Å². The number of hydrogen-bond donors (Lipinski definition) is 0. The van der Waals surface area contributed by atoms with Crippen molar-refractivity contribution in [1.82, 2.24) is 8.75 Å². The van der Waals surface area contributed by atoms with Crippen molar-refractivity contribution in [2.75, 3.05) is 0 Å². The highest BCUT2D eigenvalue weighted by molar-refractivity contribution is 6.99. The molecule has 0 fully saturated rings. The predicted molar refractivity (Wildman–Crippen MR) is 74.5 cm³/mol. The molecule has 5 heteroatoms. The summed E-state index contributed by atoms with van der Waals surface area (Å²) in [5.74, 6) is 3.46. The molecule has 0 aliphatic rings. The molecule has 0 atom stereocenters. The fourth-order valence-electron chi connectivity index (χ4n) is 1.55. The van der Waals surface area contributed by atoms with E-state index in [2.05, 4.69) is 27.7 Å². The third kappa shape index (κ3) is 3.76. The normalized spacial score (nSPS) is 9.79. The Morgan fingerprint density at radius 2 is 2.32 bits per heavy atom. The van der Waals surface area contributed by atoms with Crippen LogP contribution in [0.3, 0.4) is 0 Å². The summed E-state index contributed by atoms with van der Waals surface area (Å²) in [7, 11) is 1.97. The summed E-state index contributed by atoms with van der Waals surface area (Å²) in [4.78, 5) is 0. The molecule has 0 N–H and O–H groups in total. The topological polar surface area (TPSA) is 38.9 Å². The summed E-state index contributed by atoms with van der Waals surface area (Å²) in [6, 6.07) is 3.94. The maximum atomic E-state index is 5.38. The summed E-state index contributed by atoms with van der Waals surface area (Å²) in [5, 5.41) is 0. The zero-order chi connectivity index (χ0) is 13.5. The van der Waals surface area contributed by atoms with Gasteiger partial charge in [0.1, 0.15) is 13.2 Å². The number of pyridine rings is 1. The SMILES string of the molecule is CCCCC#COc1nsnc1-c1ccc[n+](C)c1. The molecule has 2 aromatic rings. The van der Waals surface area contributed by atoms with Gasteiger partial charge in [0.05, 0.1) is 17.3 Å². The second kappa shape index (κ2) is 6.86. The van der Waals surface area contributed by atoms with Crippen LogP contribution in [0.15, 0.2) is 24.5 Å². The highest BCUT2D eigenvalue weighted by Crippen LogP contribution is 2.26. The highest BCUT2D eigenvalue weighted by Gasteiger charge is 2.13. The molecule has 0 spiro atoms. The molecule has 2 rings (SSSR count). The van der Waals surface area contributed by atoms with Gasteiger partial charge in [-0.25, -0.2) is 4.57 Å². The molecular weight excluding hydrogens is 258 g/mol. The third-order valence-corrected chi connectivity index (χ3v) is 3.06. The minimum absolute atomic E-state index is 0.486. The van der Waals surface area contributed by atoms with E-state index < -0.39 is 0 Å². The maximum Gasteiger partial charge on any atom is 0.270 e. The van der Waals surface area contributed by atoms with Crippen LogP contribution < -0.4 is 9.30 Å². The number of ether oxygens (including phenoxy) is 1. The van der Waals surface area contributed by atoms with E-state index in [0.717, 1.165) is 42.2 Å². The van der Waals surface area contributed by atoms with Crippen LogP contribution >= 0.6 is 11.7 Å². The first-order valence-electron chi connectivity index (χ1n) is 6.24. The van der Waals surface area contributed by atoms with Gasteiger partial charge in [-0.1, -0.05) is 19.3 Å². The summed E-state index contributed by atoms with van der Waals surface area (Å²) in [6.45, 7) is 2.14. The van der Waals surface area contributed by atoms with E-state index in [1.165, 1.54) is 0 Å². The van der Waals surface area contributed by atoms with Crippen LogP contribution in [-0.4, -0.2) is 8.75 Å². The summed E-state index contributed by atoms with van der Waals surface area (Å²) in [5.41, 5.74) is 1.72. The van der Waals surface area contributed by atoms with E-state index in [1.807, 2.05) is 36.1 Å². The average Bonchev–Trinajstić information content (AvgIpc) is 2.87. The van der Waals surface area contributed by atoms with E-state index >= 15 is 0 Å². The van der Waals surface area contributed by atoms with Crippen LogP contribution in [0.5, 0.6) is 5.88 Å². The lowest BCUT2D eigenvalue weighted by Crippen LogP contribution is -2.26. The lowest BCUT2D eigenvalue weighted by atomic mass is 10.2. The van der Waals surface area contributed by atoms with Gasteiger partial charge in [0.2, 0.25) is 0 Å². The van der Waals surface area contributed by atoms with Crippen molar-refractivity contribution in [3.63, 3.8) is 0 Å². The Balaban J connectivity index is 2.11. The van der Waals surface area contributed by atoms with Crippen molar-refractivity contribution in [3.8, 4) is 29.2 Å². The fraction of sp³-hybridized carbons (Fsp3) is 0.357. The Morgan fingerprint density at radius 3 is 3.11 bits per heavy atom. The van der Waals surface area contributed by atoms with Crippen LogP contribution in [-0.2, 0) is 7.05 Å². The molecule has 0 saturated carbocycles. The van der Waals surface area contributed by atoms with Gasteiger partial charge in [-0.15, -0.1) is 4.37 Å². The van der Waals surface area contributed by atoms with Gasteiger partial charge in [-0.05, 0) is 12.5 Å². The second-order valence-electron chi connectivity index (χ2n) is 4.16. The molecule has 0 unspecified atom stereocenters. The Kier molecular flexibility index (Phi) is 4.87. The van der Waals surface area contributed by atoms with Crippen molar-refractivity contribution < 1.29 is 9.30 Å². The van der Waals surface area contributed by atoms with Gasteiger partial charge in [-0.2, -0.15) is 4.37 Å². The van der Waals surface area contributed by atoms with Crippen molar-refractivity contribution in [1.29, 1.82) is 0 Å². The van der Waals surface area contributed by atoms with Crippen molar-refractivity contribution in [2.24, 2.45) is 7.05 Å². The zero-order valence-electron chi connectivity index (χ0n) is 11.1. The first-order valence-corrected chi connectivity index (χ1v) is 6.97. The molecule has 0 aliphatic carbocycles. The molecule has 0 radical (unpaired) electrons. The van der Waals surface area contributed by atoms with Crippen LogP contribution in [0.25, 0.3) is 11.3 Å². The quantitative estimate of drug-likeness (QED) is 0.488. The van der Waals surface area contributed by atoms with Gasteiger partial charge in [0, 0.05) is 12.5 Å². The highest BCUT2D eigenvalue weighted by atomic mass is 32.1. The monoisotopic (exact) mass is 274 g/mol. The van der Waals surface area contributed by atoms with E-state index in [4.69, 9.17) is 4.74 Å². The molecule has 98 valence electrons. The molecule has 0 bridgehead atoms.